The molecule has 0 spiro atoms. The first-order valence-corrected chi connectivity index (χ1v) is 13.2. The van der Waals surface area contributed by atoms with Crippen molar-refractivity contribution in [2.75, 3.05) is 0 Å². The molecule has 1 saturated heterocycles. The molecule has 0 saturated carbocycles. The predicted octanol–water partition coefficient (Wildman–Crippen LogP) is 6.81. The van der Waals surface area contributed by atoms with Crippen molar-refractivity contribution in [3.63, 3.8) is 0 Å². The van der Waals surface area contributed by atoms with E-state index in [1.165, 1.54) is 15.4 Å². The lowest BCUT2D eigenvalue weighted by atomic mass is 10.2. The third kappa shape index (κ3) is 5.02. The molecule has 4 aromatic rings. The van der Waals surface area contributed by atoms with Gasteiger partial charge in [-0.2, -0.15) is 4.98 Å². The molecule has 186 valence electrons. The van der Waals surface area contributed by atoms with Gasteiger partial charge in [-0.25, -0.2) is 0 Å². The van der Waals surface area contributed by atoms with Crippen LogP contribution in [0.15, 0.2) is 70.5 Å². The number of carbonyl (C=O) groups excluding carboxylic acids is 1. The average Bonchev–Trinajstić information content (AvgIpc) is 3.13. The Morgan fingerprint density at radius 3 is 2.57 bits per heavy atom. The molecule has 1 amide bonds. The fourth-order valence-electron chi connectivity index (χ4n) is 3.85. The molecular weight excluding hydrogens is 549 g/mol. The van der Waals surface area contributed by atoms with Gasteiger partial charge >= 0.3 is 0 Å². The van der Waals surface area contributed by atoms with Gasteiger partial charge in [0.05, 0.1) is 11.4 Å². The predicted molar refractivity (Wildman–Crippen MR) is 153 cm³/mol. The van der Waals surface area contributed by atoms with Gasteiger partial charge in [-0.05, 0) is 66.9 Å². The van der Waals surface area contributed by atoms with Crippen LogP contribution in [-0.2, 0) is 11.3 Å². The normalized spacial score (nSPS) is 14.7. The van der Waals surface area contributed by atoms with Gasteiger partial charge in [-0.1, -0.05) is 71.4 Å². The number of thioether (sulfide) groups is 1. The molecule has 0 bridgehead atoms. The lowest BCUT2D eigenvalue weighted by molar-refractivity contribution is -0.122. The summed E-state index contributed by atoms with van der Waals surface area (Å²) in [5.74, 6) is 0.224. The Morgan fingerprint density at radius 2 is 1.81 bits per heavy atom. The first kappa shape index (κ1) is 25.5. The topological polar surface area (TPSA) is 63.9 Å². The third-order valence-corrected chi connectivity index (χ3v) is 8.00. The van der Waals surface area contributed by atoms with Crippen LogP contribution in [0.4, 0.5) is 0 Å². The maximum atomic E-state index is 13.6. The van der Waals surface area contributed by atoms with E-state index >= 15 is 0 Å². The van der Waals surface area contributed by atoms with Crippen LogP contribution in [0.5, 0.6) is 11.6 Å². The minimum atomic E-state index is -0.370. The third-order valence-electron chi connectivity index (χ3n) is 5.83. The molecule has 2 aromatic carbocycles. The van der Waals surface area contributed by atoms with Crippen molar-refractivity contribution in [1.82, 2.24) is 14.3 Å². The minimum Gasteiger partial charge on any atom is -0.438 e. The molecule has 0 radical (unpaired) electrons. The number of halogens is 2. The van der Waals surface area contributed by atoms with E-state index in [9.17, 15) is 9.59 Å². The summed E-state index contributed by atoms with van der Waals surface area (Å²) in [6.45, 7) is 3.94. The minimum absolute atomic E-state index is 0.0809. The smallest absolute Gasteiger partial charge is 0.269 e. The first-order chi connectivity index (χ1) is 17.7. The highest BCUT2D eigenvalue weighted by atomic mass is 35.5. The van der Waals surface area contributed by atoms with E-state index in [1.807, 2.05) is 38.1 Å². The summed E-state index contributed by atoms with van der Waals surface area (Å²) in [5, 5.41) is 1.14. The molecule has 1 aliphatic rings. The molecule has 37 heavy (non-hydrogen) atoms. The SMILES string of the molecule is Cc1cc(Oc2nc3c(C)cccn3c(=O)c2/C=C2/SC(=S)N(Cc3ccccc3Cl)C2=O)ccc1Cl. The van der Waals surface area contributed by atoms with Crippen LogP contribution in [0.1, 0.15) is 22.3 Å². The van der Waals surface area contributed by atoms with Crippen molar-refractivity contribution in [2.45, 2.75) is 20.4 Å². The van der Waals surface area contributed by atoms with Crippen molar-refractivity contribution in [3.05, 3.63) is 108 Å². The number of hydrogen-bond acceptors (Lipinski definition) is 6. The molecule has 10 heteroatoms. The lowest BCUT2D eigenvalue weighted by Crippen LogP contribution is -2.27. The number of fused-ring (bicyclic) bond motifs is 1. The maximum Gasteiger partial charge on any atom is 0.269 e. The van der Waals surface area contributed by atoms with Gasteiger partial charge in [-0.15, -0.1) is 0 Å². The molecule has 0 N–H and O–H groups in total. The fraction of sp³-hybridized carbons (Fsp3) is 0.111. The number of rotatable bonds is 5. The number of thiocarbonyl (C=S) groups is 1. The van der Waals surface area contributed by atoms with Crippen molar-refractivity contribution >= 4 is 69.1 Å². The van der Waals surface area contributed by atoms with Gasteiger partial charge in [-0.3, -0.25) is 18.9 Å². The Morgan fingerprint density at radius 1 is 1.03 bits per heavy atom. The number of carbonyl (C=O) groups is 1. The number of aryl methyl sites for hydroxylation is 2. The number of hydrogen-bond donors (Lipinski definition) is 0. The van der Waals surface area contributed by atoms with Crippen LogP contribution in [0.2, 0.25) is 10.0 Å². The molecule has 0 atom stereocenters. The zero-order valence-electron chi connectivity index (χ0n) is 19.7. The van der Waals surface area contributed by atoms with E-state index in [0.29, 0.717) is 30.7 Å². The Kier molecular flexibility index (Phi) is 7.09. The second-order valence-corrected chi connectivity index (χ2v) is 10.9. The van der Waals surface area contributed by atoms with Gasteiger partial charge < -0.3 is 4.74 Å². The Labute approximate surface area is 232 Å². The molecule has 3 heterocycles. The van der Waals surface area contributed by atoms with Crippen molar-refractivity contribution in [3.8, 4) is 11.6 Å². The quantitative estimate of drug-likeness (QED) is 0.195. The van der Waals surface area contributed by atoms with Gasteiger partial charge in [0, 0.05) is 16.2 Å². The van der Waals surface area contributed by atoms with Crippen molar-refractivity contribution in [2.24, 2.45) is 0 Å². The number of aromatic nitrogens is 2. The van der Waals surface area contributed by atoms with Gasteiger partial charge in [0.25, 0.3) is 11.5 Å². The highest BCUT2D eigenvalue weighted by molar-refractivity contribution is 8.26. The Balaban J connectivity index is 1.59. The number of nitrogens with zero attached hydrogens (tertiary/aromatic N) is 3. The molecular formula is C27H19Cl2N3O3S2. The van der Waals surface area contributed by atoms with Crippen molar-refractivity contribution in [1.29, 1.82) is 0 Å². The summed E-state index contributed by atoms with van der Waals surface area (Å²) >= 11 is 19.1. The summed E-state index contributed by atoms with van der Waals surface area (Å²) in [6.07, 6.45) is 3.13. The molecule has 6 nitrogen and oxygen atoms in total. The van der Waals surface area contributed by atoms with Crippen LogP contribution in [0.3, 0.4) is 0 Å². The van der Waals surface area contributed by atoms with E-state index in [-0.39, 0.29) is 29.5 Å². The van der Waals surface area contributed by atoms with E-state index < -0.39 is 0 Å². The van der Waals surface area contributed by atoms with Crippen molar-refractivity contribution < 1.29 is 9.53 Å². The number of amides is 1. The second-order valence-electron chi connectivity index (χ2n) is 8.39. The average molecular weight is 569 g/mol. The van der Waals surface area contributed by atoms with Gasteiger partial charge in [0.1, 0.15) is 21.3 Å². The standard InChI is InChI=1S/C27H19Cl2N3O3S2/c1-15-6-5-11-31-23(15)30-24(35-18-9-10-20(28)16(2)12-18)19(25(31)33)13-22-26(34)32(27(36)37-22)14-17-7-3-4-8-21(17)29/h3-13H,14H2,1-2H3/b22-13+. The molecule has 2 aromatic heterocycles. The van der Waals surface area contributed by atoms with Gasteiger partial charge in [0.2, 0.25) is 5.88 Å². The summed E-state index contributed by atoms with van der Waals surface area (Å²) < 4.78 is 7.90. The molecule has 0 aliphatic carbocycles. The zero-order chi connectivity index (χ0) is 26.3. The summed E-state index contributed by atoms with van der Waals surface area (Å²) in [6, 6.07) is 16.1. The van der Waals surface area contributed by atoms with E-state index in [2.05, 4.69) is 4.98 Å². The number of pyridine rings is 1. The summed E-state index contributed by atoms with van der Waals surface area (Å²) in [7, 11) is 0. The highest BCUT2D eigenvalue weighted by Crippen LogP contribution is 2.36. The Hall–Kier alpha value is -3.17. The largest absolute Gasteiger partial charge is 0.438 e. The molecule has 0 unspecified atom stereocenters. The Bertz CT molecular complexity index is 1680. The lowest BCUT2D eigenvalue weighted by Gasteiger charge is -2.15. The van der Waals surface area contributed by atoms with E-state index in [4.69, 9.17) is 40.2 Å². The molecule has 5 rings (SSSR count). The van der Waals surface area contributed by atoms with Crippen LogP contribution in [0, 0.1) is 13.8 Å². The van der Waals surface area contributed by atoms with Crippen LogP contribution < -0.4 is 10.3 Å². The van der Waals surface area contributed by atoms with E-state index in [0.717, 1.165) is 28.5 Å². The molecule has 1 aliphatic heterocycles. The summed E-state index contributed by atoms with van der Waals surface area (Å²) in [4.78, 5) is 33.3. The monoisotopic (exact) mass is 567 g/mol. The summed E-state index contributed by atoms with van der Waals surface area (Å²) in [5.41, 5.74) is 2.60. The fourth-order valence-corrected chi connectivity index (χ4v) is 5.40. The second kappa shape index (κ2) is 10.3. The van der Waals surface area contributed by atoms with Crippen LogP contribution in [0.25, 0.3) is 11.7 Å². The molecule has 1 fully saturated rings. The van der Waals surface area contributed by atoms with Crippen LogP contribution in [-0.4, -0.2) is 24.5 Å². The van der Waals surface area contributed by atoms with Gasteiger partial charge in [0.15, 0.2) is 0 Å². The van der Waals surface area contributed by atoms with Crippen LogP contribution >= 0.6 is 47.2 Å². The first-order valence-electron chi connectivity index (χ1n) is 11.2. The highest BCUT2D eigenvalue weighted by Gasteiger charge is 2.33. The number of benzene rings is 2. The van der Waals surface area contributed by atoms with E-state index in [1.54, 1.807) is 36.5 Å². The maximum absolute atomic E-state index is 13.6. The number of ether oxygens (including phenoxy) is 1. The zero-order valence-corrected chi connectivity index (χ0v) is 22.8.